The summed E-state index contributed by atoms with van der Waals surface area (Å²) < 4.78 is 0. The molecule has 0 aromatic heterocycles. The van der Waals surface area contributed by atoms with Crippen LogP contribution in [0.3, 0.4) is 0 Å². The van der Waals surface area contributed by atoms with Crippen LogP contribution in [0.5, 0.6) is 0 Å². The van der Waals surface area contributed by atoms with Crippen molar-refractivity contribution in [2.45, 2.75) is 58.8 Å². The van der Waals surface area contributed by atoms with Crippen molar-refractivity contribution in [3.05, 3.63) is 46.5 Å². The van der Waals surface area contributed by atoms with Crippen LogP contribution in [-0.4, -0.2) is 0 Å². The van der Waals surface area contributed by atoms with Gasteiger partial charge in [0.1, 0.15) is 0 Å². The summed E-state index contributed by atoms with van der Waals surface area (Å²) in [4.78, 5) is 0. The lowest BCUT2D eigenvalue weighted by Gasteiger charge is -2.26. The smallest absolute Gasteiger partial charge is 0.00663 e. The Morgan fingerprint density at radius 3 is 2.18 bits per heavy atom. The van der Waals surface area contributed by atoms with Gasteiger partial charge in [-0.2, -0.15) is 0 Å². The molecule has 0 saturated heterocycles. The lowest BCUT2D eigenvalue weighted by molar-refractivity contribution is 0.512. The van der Waals surface area contributed by atoms with Gasteiger partial charge < -0.3 is 0 Å². The normalized spacial score (nSPS) is 16.7. The first-order valence-electron chi connectivity index (χ1n) is 6.74. The lowest BCUT2D eigenvalue weighted by Crippen LogP contribution is -2.18. The van der Waals surface area contributed by atoms with Gasteiger partial charge in [-0.15, -0.1) is 0 Å². The second-order valence-corrected chi connectivity index (χ2v) is 6.16. The highest BCUT2D eigenvalue weighted by Crippen LogP contribution is 2.37. The van der Waals surface area contributed by atoms with Crippen molar-refractivity contribution in [1.82, 2.24) is 0 Å². The van der Waals surface area contributed by atoms with E-state index in [9.17, 15) is 0 Å². The highest BCUT2D eigenvalue weighted by molar-refractivity contribution is 5.31. The number of hydrogen-bond acceptors (Lipinski definition) is 0. The van der Waals surface area contributed by atoms with Crippen LogP contribution in [0, 0.1) is 6.92 Å². The van der Waals surface area contributed by atoms with Gasteiger partial charge in [0.25, 0.3) is 0 Å². The van der Waals surface area contributed by atoms with Gasteiger partial charge in [0, 0.05) is 0 Å². The molecule has 0 fully saturated rings. The first-order valence-corrected chi connectivity index (χ1v) is 6.74. The fourth-order valence-corrected chi connectivity index (χ4v) is 2.84. The Morgan fingerprint density at radius 1 is 1.00 bits per heavy atom. The Kier molecular flexibility index (Phi) is 3.42. The van der Waals surface area contributed by atoms with E-state index in [0.29, 0.717) is 0 Å². The molecule has 0 atom stereocenters. The quantitative estimate of drug-likeness (QED) is 0.627. The van der Waals surface area contributed by atoms with Crippen molar-refractivity contribution in [3.63, 3.8) is 0 Å². The summed E-state index contributed by atoms with van der Waals surface area (Å²) in [6.07, 6.45) is 5.23. The number of allylic oxidation sites excluding steroid dienone is 2. The van der Waals surface area contributed by atoms with Gasteiger partial charge in [0.15, 0.2) is 0 Å². The van der Waals surface area contributed by atoms with Crippen molar-refractivity contribution < 1.29 is 0 Å². The van der Waals surface area contributed by atoms with E-state index in [2.05, 4.69) is 52.0 Å². The van der Waals surface area contributed by atoms with Gasteiger partial charge in [-0.3, -0.25) is 0 Å². The number of rotatable bonds is 3. The second kappa shape index (κ2) is 4.68. The number of benzene rings is 1. The van der Waals surface area contributed by atoms with Crippen molar-refractivity contribution >= 4 is 0 Å². The topological polar surface area (TPSA) is 0 Å². The predicted molar refractivity (Wildman–Crippen MR) is 75.4 cm³/mol. The third-order valence-electron chi connectivity index (χ3n) is 4.12. The summed E-state index contributed by atoms with van der Waals surface area (Å²) >= 11 is 0. The molecule has 0 bridgehead atoms. The Bertz CT molecular complexity index is 418. The average molecular weight is 228 g/mol. The van der Waals surface area contributed by atoms with Gasteiger partial charge in [-0.25, -0.2) is 0 Å². The SMILES string of the molecule is CC1=C(CC(C)(C)c2ccc(C)cc2)CCC1. The van der Waals surface area contributed by atoms with E-state index in [-0.39, 0.29) is 5.41 Å². The maximum atomic E-state index is 2.37. The van der Waals surface area contributed by atoms with E-state index in [1.54, 1.807) is 11.1 Å². The van der Waals surface area contributed by atoms with Gasteiger partial charge in [-0.05, 0) is 50.5 Å². The summed E-state index contributed by atoms with van der Waals surface area (Å²) in [5, 5.41) is 0. The summed E-state index contributed by atoms with van der Waals surface area (Å²) in [5.41, 5.74) is 6.44. The maximum absolute atomic E-state index is 2.37. The van der Waals surface area contributed by atoms with Crippen LogP contribution < -0.4 is 0 Å². The molecule has 2 rings (SSSR count). The molecule has 0 heteroatoms. The zero-order valence-corrected chi connectivity index (χ0v) is 11.6. The maximum Gasteiger partial charge on any atom is -0.00663 e. The molecule has 0 heterocycles. The summed E-state index contributed by atoms with van der Waals surface area (Å²) in [7, 11) is 0. The third-order valence-corrected chi connectivity index (χ3v) is 4.12. The molecule has 92 valence electrons. The summed E-state index contributed by atoms with van der Waals surface area (Å²) in [6.45, 7) is 9.21. The minimum atomic E-state index is 0.272. The lowest BCUT2D eigenvalue weighted by atomic mass is 9.78. The highest BCUT2D eigenvalue weighted by atomic mass is 14.3. The van der Waals surface area contributed by atoms with E-state index in [1.807, 2.05) is 0 Å². The van der Waals surface area contributed by atoms with Crippen LogP contribution in [0.1, 0.15) is 57.6 Å². The molecule has 0 radical (unpaired) electrons. The van der Waals surface area contributed by atoms with Gasteiger partial charge in [-0.1, -0.05) is 54.8 Å². The Balaban J connectivity index is 2.18. The largest absolute Gasteiger partial charge is 0.0741 e. The van der Waals surface area contributed by atoms with Gasteiger partial charge in [0.2, 0.25) is 0 Å². The molecule has 1 aromatic rings. The molecule has 0 amide bonds. The Labute approximate surface area is 106 Å². The molecular weight excluding hydrogens is 204 g/mol. The van der Waals surface area contributed by atoms with Crippen LogP contribution in [0.2, 0.25) is 0 Å². The van der Waals surface area contributed by atoms with Crippen LogP contribution in [0.4, 0.5) is 0 Å². The standard InChI is InChI=1S/C17H24/c1-13-8-10-16(11-9-13)17(3,4)12-15-7-5-6-14(15)2/h8-11H,5-7,12H2,1-4H3. The van der Waals surface area contributed by atoms with Crippen molar-refractivity contribution in [1.29, 1.82) is 0 Å². The molecular formula is C17H24. The fraction of sp³-hybridized carbons (Fsp3) is 0.529. The zero-order valence-electron chi connectivity index (χ0n) is 11.6. The van der Waals surface area contributed by atoms with E-state index in [0.717, 1.165) is 0 Å². The molecule has 0 spiro atoms. The predicted octanol–water partition coefficient (Wildman–Crippen LogP) is 5.16. The van der Waals surface area contributed by atoms with Gasteiger partial charge in [0.05, 0.1) is 0 Å². The molecule has 1 aromatic carbocycles. The minimum Gasteiger partial charge on any atom is -0.0741 e. The summed E-state index contributed by atoms with van der Waals surface area (Å²) in [5.74, 6) is 0. The molecule has 0 unspecified atom stereocenters. The van der Waals surface area contributed by atoms with Crippen LogP contribution in [-0.2, 0) is 5.41 Å². The molecule has 1 aliphatic rings. The minimum absolute atomic E-state index is 0.272. The molecule has 0 aliphatic heterocycles. The molecule has 17 heavy (non-hydrogen) atoms. The Morgan fingerprint density at radius 2 is 1.65 bits per heavy atom. The van der Waals surface area contributed by atoms with E-state index < -0.39 is 0 Å². The van der Waals surface area contributed by atoms with Crippen LogP contribution in [0.15, 0.2) is 35.4 Å². The molecule has 0 N–H and O–H groups in total. The van der Waals surface area contributed by atoms with Crippen molar-refractivity contribution in [2.75, 3.05) is 0 Å². The summed E-state index contributed by atoms with van der Waals surface area (Å²) in [6, 6.07) is 9.04. The van der Waals surface area contributed by atoms with E-state index >= 15 is 0 Å². The third kappa shape index (κ3) is 2.80. The van der Waals surface area contributed by atoms with Gasteiger partial charge >= 0.3 is 0 Å². The van der Waals surface area contributed by atoms with Crippen LogP contribution in [0.25, 0.3) is 0 Å². The molecule has 1 aliphatic carbocycles. The Hall–Kier alpha value is -1.04. The van der Waals surface area contributed by atoms with E-state index in [1.165, 1.54) is 36.8 Å². The number of hydrogen-bond donors (Lipinski definition) is 0. The first kappa shape index (κ1) is 12.4. The molecule has 0 nitrogen and oxygen atoms in total. The van der Waals surface area contributed by atoms with Crippen LogP contribution >= 0.6 is 0 Å². The van der Waals surface area contributed by atoms with E-state index in [4.69, 9.17) is 0 Å². The first-order chi connectivity index (χ1) is 7.99. The monoisotopic (exact) mass is 228 g/mol. The number of aryl methyl sites for hydroxylation is 1. The van der Waals surface area contributed by atoms with Crippen molar-refractivity contribution in [3.8, 4) is 0 Å². The van der Waals surface area contributed by atoms with Crippen molar-refractivity contribution in [2.24, 2.45) is 0 Å². The average Bonchev–Trinajstić information content (AvgIpc) is 2.64. The molecule has 0 saturated carbocycles. The zero-order chi connectivity index (χ0) is 12.5. The second-order valence-electron chi connectivity index (χ2n) is 6.16. The highest BCUT2D eigenvalue weighted by Gasteiger charge is 2.24. The fourth-order valence-electron chi connectivity index (χ4n) is 2.84.